The smallest absolute Gasteiger partial charge is 0.119 e. The van der Waals surface area contributed by atoms with Crippen molar-refractivity contribution in [3.63, 3.8) is 0 Å². The van der Waals surface area contributed by atoms with E-state index in [0.717, 1.165) is 18.8 Å². The number of rotatable bonds is 8. The van der Waals surface area contributed by atoms with Crippen molar-refractivity contribution >= 4 is 0 Å². The summed E-state index contributed by atoms with van der Waals surface area (Å²) in [6.07, 6.45) is 3.55. The van der Waals surface area contributed by atoms with Gasteiger partial charge in [-0.15, -0.1) is 0 Å². The van der Waals surface area contributed by atoms with E-state index in [1.165, 1.54) is 24.0 Å². The summed E-state index contributed by atoms with van der Waals surface area (Å²) in [4.78, 5) is 0. The third-order valence-corrected chi connectivity index (χ3v) is 3.66. The van der Waals surface area contributed by atoms with Crippen molar-refractivity contribution < 1.29 is 4.74 Å². The van der Waals surface area contributed by atoms with Crippen molar-refractivity contribution in [1.29, 1.82) is 0 Å². The van der Waals surface area contributed by atoms with Crippen molar-refractivity contribution in [2.45, 2.75) is 58.9 Å². The highest BCUT2D eigenvalue weighted by Crippen LogP contribution is 2.23. The lowest BCUT2D eigenvalue weighted by Crippen LogP contribution is -2.20. The van der Waals surface area contributed by atoms with Crippen LogP contribution in [0.15, 0.2) is 18.2 Å². The number of benzene rings is 1. The van der Waals surface area contributed by atoms with Crippen LogP contribution in [-0.2, 0) is 0 Å². The Bertz CT molecular complexity index is 374. The lowest BCUT2D eigenvalue weighted by molar-refractivity contribution is 0.302. The van der Waals surface area contributed by atoms with Crippen LogP contribution in [0.5, 0.6) is 5.75 Å². The molecule has 108 valence electrons. The molecule has 0 saturated heterocycles. The van der Waals surface area contributed by atoms with Crippen molar-refractivity contribution in [2.24, 2.45) is 0 Å². The topological polar surface area (TPSA) is 21.3 Å². The van der Waals surface area contributed by atoms with Gasteiger partial charge in [-0.05, 0) is 69.3 Å². The van der Waals surface area contributed by atoms with E-state index in [-0.39, 0.29) is 0 Å². The third kappa shape index (κ3) is 5.65. The Labute approximate surface area is 118 Å². The first-order valence-corrected chi connectivity index (χ1v) is 7.45. The number of aryl methyl sites for hydroxylation is 1. The van der Waals surface area contributed by atoms with E-state index in [4.69, 9.17) is 4.74 Å². The molecule has 2 nitrogen and oxygen atoms in total. The highest BCUT2D eigenvalue weighted by Gasteiger charge is 2.04. The first kappa shape index (κ1) is 16.0. The first-order valence-electron chi connectivity index (χ1n) is 7.45. The molecule has 1 unspecified atom stereocenters. The number of hydrogen-bond acceptors (Lipinski definition) is 2. The fourth-order valence-corrected chi connectivity index (χ4v) is 2.27. The Morgan fingerprint density at radius 3 is 2.47 bits per heavy atom. The van der Waals surface area contributed by atoms with E-state index >= 15 is 0 Å². The van der Waals surface area contributed by atoms with Crippen LogP contribution in [0.2, 0.25) is 0 Å². The van der Waals surface area contributed by atoms with Crippen LogP contribution in [0.3, 0.4) is 0 Å². The van der Waals surface area contributed by atoms with Crippen molar-refractivity contribution in [3.8, 4) is 5.75 Å². The zero-order chi connectivity index (χ0) is 14.3. The number of ether oxygens (including phenoxy) is 1. The predicted molar refractivity (Wildman–Crippen MR) is 83.1 cm³/mol. The number of nitrogens with one attached hydrogen (secondary N) is 1. The summed E-state index contributed by atoms with van der Waals surface area (Å²) in [5.41, 5.74) is 2.74. The summed E-state index contributed by atoms with van der Waals surface area (Å²) < 4.78 is 5.82. The second-order valence-corrected chi connectivity index (χ2v) is 5.71. The minimum atomic E-state index is 0.581. The average molecular weight is 263 g/mol. The normalized spacial score (nSPS) is 12.7. The highest BCUT2D eigenvalue weighted by molar-refractivity contribution is 5.36. The van der Waals surface area contributed by atoms with Gasteiger partial charge in [0.25, 0.3) is 0 Å². The van der Waals surface area contributed by atoms with Gasteiger partial charge in [0.1, 0.15) is 5.75 Å². The van der Waals surface area contributed by atoms with E-state index in [1.54, 1.807) is 0 Å². The van der Waals surface area contributed by atoms with Crippen LogP contribution in [0.1, 0.15) is 57.1 Å². The molecule has 0 saturated carbocycles. The van der Waals surface area contributed by atoms with Crippen LogP contribution in [0.4, 0.5) is 0 Å². The minimum Gasteiger partial charge on any atom is -0.494 e. The van der Waals surface area contributed by atoms with Gasteiger partial charge in [-0.25, -0.2) is 0 Å². The lowest BCUT2D eigenvalue weighted by Gasteiger charge is -2.13. The first-order chi connectivity index (χ1) is 9.04. The van der Waals surface area contributed by atoms with Gasteiger partial charge in [-0.3, -0.25) is 0 Å². The van der Waals surface area contributed by atoms with Crippen LogP contribution >= 0.6 is 0 Å². The van der Waals surface area contributed by atoms with Crippen LogP contribution in [0, 0.1) is 6.92 Å². The SMILES string of the molecule is CNC(C)CCCCOc1ccc(C(C)C)c(C)c1. The largest absolute Gasteiger partial charge is 0.494 e. The molecular formula is C17H29NO. The molecule has 0 aliphatic rings. The maximum absolute atomic E-state index is 5.82. The molecule has 0 aliphatic heterocycles. The van der Waals surface area contributed by atoms with Gasteiger partial charge >= 0.3 is 0 Å². The summed E-state index contributed by atoms with van der Waals surface area (Å²) in [5, 5.41) is 3.26. The van der Waals surface area contributed by atoms with E-state index < -0.39 is 0 Å². The van der Waals surface area contributed by atoms with E-state index in [9.17, 15) is 0 Å². The second kappa shape index (κ2) is 8.21. The summed E-state index contributed by atoms with van der Waals surface area (Å²) in [6.45, 7) is 9.65. The summed E-state index contributed by atoms with van der Waals surface area (Å²) in [6, 6.07) is 7.05. The zero-order valence-corrected chi connectivity index (χ0v) is 13.1. The Hall–Kier alpha value is -1.02. The molecule has 2 heteroatoms. The molecule has 0 amide bonds. The fourth-order valence-electron chi connectivity index (χ4n) is 2.27. The second-order valence-electron chi connectivity index (χ2n) is 5.71. The highest BCUT2D eigenvalue weighted by atomic mass is 16.5. The van der Waals surface area contributed by atoms with Gasteiger partial charge in [0.15, 0.2) is 0 Å². The molecule has 1 aromatic carbocycles. The average Bonchev–Trinajstić information content (AvgIpc) is 2.37. The number of unbranched alkanes of at least 4 members (excludes halogenated alkanes) is 1. The predicted octanol–water partition coefficient (Wildman–Crippen LogP) is 4.28. The molecule has 0 aromatic heterocycles. The molecule has 19 heavy (non-hydrogen) atoms. The number of hydrogen-bond donors (Lipinski definition) is 1. The molecule has 1 N–H and O–H groups in total. The Morgan fingerprint density at radius 2 is 1.89 bits per heavy atom. The van der Waals surface area contributed by atoms with Crippen LogP contribution in [0.25, 0.3) is 0 Å². The molecule has 0 bridgehead atoms. The molecule has 1 rings (SSSR count). The maximum Gasteiger partial charge on any atom is 0.119 e. The van der Waals surface area contributed by atoms with Gasteiger partial charge in [-0.2, -0.15) is 0 Å². The van der Waals surface area contributed by atoms with Crippen molar-refractivity contribution in [2.75, 3.05) is 13.7 Å². The van der Waals surface area contributed by atoms with Gasteiger partial charge < -0.3 is 10.1 Å². The van der Waals surface area contributed by atoms with Gasteiger partial charge in [0, 0.05) is 6.04 Å². The van der Waals surface area contributed by atoms with Crippen molar-refractivity contribution in [3.05, 3.63) is 29.3 Å². The van der Waals surface area contributed by atoms with E-state index in [1.807, 2.05) is 7.05 Å². The van der Waals surface area contributed by atoms with E-state index in [2.05, 4.69) is 51.2 Å². The molecule has 0 spiro atoms. The van der Waals surface area contributed by atoms with E-state index in [0.29, 0.717) is 12.0 Å². The minimum absolute atomic E-state index is 0.581. The molecule has 0 radical (unpaired) electrons. The molecule has 1 atom stereocenters. The molecule has 0 fully saturated rings. The molecule has 1 aromatic rings. The summed E-state index contributed by atoms with van der Waals surface area (Å²) >= 11 is 0. The fraction of sp³-hybridized carbons (Fsp3) is 0.647. The third-order valence-electron chi connectivity index (χ3n) is 3.66. The summed E-state index contributed by atoms with van der Waals surface area (Å²) in [5.74, 6) is 1.58. The van der Waals surface area contributed by atoms with Gasteiger partial charge in [0.2, 0.25) is 0 Å². The lowest BCUT2D eigenvalue weighted by atomic mass is 9.98. The van der Waals surface area contributed by atoms with Crippen LogP contribution in [-0.4, -0.2) is 19.7 Å². The Kier molecular flexibility index (Phi) is 6.93. The Morgan fingerprint density at radius 1 is 1.16 bits per heavy atom. The molecule has 0 heterocycles. The molecular weight excluding hydrogens is 234 g/mol. The van der Waals surface area contributed by atoms with Crippen molar-refractivity contribution in [1.82, 2.24) is 5.32 Å². The quantitative estimate of drug-likeness (QED) is 0.707. The Balaban J connectivity index is 2.32. The van der Waals surface area contributed by atoms with Gasteiger partial charge in [0.05, 0.1) is 6.61 Å². The monoisotopic (exact) mass is 263 g/mol. The zero-order valence-electron chi connectivity index (χ0n) is 13.1. The molecule has 0 aliphatic carbocycles. The van der Waals surface area contributed by atoms with Gasteiger partial charge in [-0.1, -0.05) is 19.9 Å². The standard InChI is InChI=1S/C17H29NO/c1-13(2)17-10-9-16(12-14(17)3)19-11-7-6-8-15(4)18-5/h9-10,12-13,15,18H,6-8,11H2,1-5H3. The van der Waals surface area contributed by atoms with Crippen LogP contribution < -0.4 is 10.1 Å². The maximum atomic E-state index is 5.82. The summed E-state index contributed by atoms with van der Waals surface area (Å²) in [7, 11) is 2.01.